The van der Waals surface area contributed by atoms with E-state index in [4.69, 9.17) is 5.73 Å². The van der Waals surface area contributed by atoms with Crippen molar-refractivity contribution in [1.29, 1.82) is 0 Å². The van der Waals surface area contributed by atoms with Gasteiger partial charge in [-0.3, -0.25) is 9.78 Å². The summed E-state index contributed by atoms with van der Waals surface area (Å²) < 4.78 is 0. The molecular formula is C14H13N3O. The van der Waals surface area contributed by atoms with E-state index in [0.29, 0.717) is 5.57 Å². The van der Waals surface area contributed by atoms with Gasteiger partial charge in [0.15, 0.2) is 0 Å². The Labute approximate surface area is 105 Å². The fourth-order valence-corrected chi connectivity index (χ4v) is 1.52. The normalized spacial score (nSPS) is 11.0. The first-order chi connectivity index (χ1) is 8.77. The fraction of sp³-hybridized carbons (Fsp3) is 0. The van der Waals surface area contributed by atoms with Crippen LogP contribution < -0.4 is 11.1 Å². The zero-order chi connectivity index (χ0) is 12.8. The third-order valence-corrected chi connectivity index (χ3v) is 2.41. The molecule has 0 aliphatic rings. The van der Waals surface area contributed by atoms with Gasteiger partial charge in [-0.15, -0.1) is 0 Å². The lowest BCUT2D eigenvalue weighted by Gasteiger charge is -2.05. The molecule has 90 valence electrons. The Morgan fingerprint density at radius 2 is 1.78 bits per heavy atom. The van der Waals surface area contributed by atoms with Gasteiger partial charge >= 0.3 is 0 Å². The minimum absolute atomic E-state index is 0.418. The number of amides is 1. The number of anilines is 1. The summed E-state index contributed by atoms with van der Waals surface area (Å²) in [5.41, 5.74) is 7.41. The fourth-order valence-electron chi connectivity index (χ4n) is 1.52. The molecule has 0 saturated carbocycles. The second-order valence-corrected chi connectivity index (χ2v) is 3.67. The summed E-state index contributed by atoms with van der Waals surface area (Å²) >= 11 is 0. The Morgan fingerprint density at radius 3 is 2.39 bits per heavy atom. The van der Waals surface area contributed by atoms with Gasteiger partial charge in [0.1, 0.15) is 0 Å². The van der Waals surface area contributed by atoms with E-state index < -0.39 is 5.91 Å². The Balaban J connectivity index is 2.24. The number of hydrogen-bond donors (Lipinski definition) is 2. The van der Waals surface area contributed by atoms with Gasteiger partial charge in [0, 0.05) is 24.3 Å². The molecule has 0 bridgehead atoms. The molecule has 18 heavy (non-hydrogen) atoms. The summed E-state index contributed by atoms with van der Waals surface area (Å²) in [7, 11) is 0. The van der Waals surface area contributed by atoms with Gasteiger partial charge in [-0.05, 0) is 29.8 Å². The van der Waals surface area contributed by atoms with Crippen molar-refractivity contribution in [2.45, 2.75) is 0 Å². The summed E-state index contributed by atoms with van der Waals surface area (Å²) in [4.78, 5) is 15.3. The van der Waals surface area contributed by atoms with Crippen molar-refractivity contribution in [3.63, 3.8) is 0 Å². The van der Waals surface area contributed by atoms with Gasteiger partial charge < -0.3 is 11.1 Å². The Kier molecular flexibility index (Phi) is 3.71. The molecule has 0 saturated heterocycles. The van der Waals surface area contributed by atoms with E-state index in [1.807, 2.05) is 30.3 Å². The highest BCUT2D eigenvalue weighted by molar-refractivity contribution is 6.18. The SMILES string of the molecule is NC(=O)/C(=C\Nc1ccccc1)c1ccncc1. The maximum atomic E-state index is 11.4. The van der Waals surface area contributed by atoms with Crippen LogP contribution >= 0.6 is 0 Å². The predicted molar refractivity (Wildman–Crippen MR) is 71.5 cm³/mol. The number of primary amides is 1. The average molecular weight is 239 g/mol. The van der Waals surface area contributed by atoms with Crippen molar-refractivity contribution >= 4 is 17.2 Å². The van der Waals surface area contributed by atoms with E-state index in [0.717, 1.165) is 11.3 Å². The number of carbonyl (C=O) groups excluding carboxylic acids is 1. The Morgan fingerprint density at radius 1 is 1.11 bits per heavy atom. The van der Waals surface area contributed by atoms with Crippen LogP contribution in [0.5, 0.6) is 0 Å². The largest absolute Gasteiger partial charge is 0.366 e. The minimum Gasteiger partial charge on any atom is -0.366 e. The molecule has 0 fully saturated rings. The van der Waals surface area contributed by atoms with Crippen molar-refractivity contribution in [3.05, 3.63) is 66.6 Å². The summed E-state index contributed by atoms with van der Waals surface area (Å²) in [5.74, 6) is -0.482. The summed E-state index contributed by atoms with van der Waals surface area (Å²) in [6, 6.07) is 13.0. The molecule has 1 amide bonds. The first-order valence-corrected chi connectivity index (χ1v) is 5.49. The van der Waals surface area contributed by atoms with E-state index in [1.54, 1.807) is 30.7 Å². The third-order valence-electron chi connectivity index (χ3n) is 2.41. The number of para-hydroxylation sites is 1. The number of nitrogens with one attached hydrogen (secondary N) is 1. The van der Waals surface area contributed by atoms with Crippen LogP contribution in [0, 0.1) is 0 Å². The first-order valence-electron chi connectivity index (χ1n) is 5.49. The van der Waals surface area contributed by atoms with Crippen molar-refractivity contribution in [3.8, 4) is 0 Å². The van der Waals surface area contributed by atoms with Crippen LogP contribution in [0.25, 0.3) is 5.57 Å². The van der Waals surface area contributed by atoms with Crippen LogP contribution in [0.3, 0.4) is 0 Å². The molecule has 2 rings (SSSR count). The van der Waals surface area contributed by atoms with Crippen molar-refractivity contribution in [2.24, 2.45) is 5.73 Å². The molecule has 1 aromatic heterocycles. The molecule has 4 heteroatoms. The highest BCUT2D eigenvalue weighted by Crippen LogP contribution is 2.14. The summed E-state index contributed by atoms with van der Waals surface area (Å²) in [6.45, 7) is 0. The van der Waals surface area contributed by atoms with E-state index in [2.05, 4.69) is 10.3 Å². The second-order valence-electron chi connectivity index (χ2n) is 3.67. The molecule has 0 unspecified atom stereocenters. The van der Waals surface area contributed by atoms with Gasteiger partial charge in [0.25, 0.3) is 5.91 Å². The van der Waals surface area contributed by atoms with Crippen molar-refractivity contribution in [2.75, 3.05) is 5.32 Å². The molecule has 4 nitrogen and oxygen atoms in total. The third kappa shape index (κ3) is 2.95. The highest BCUT2D eigenvalue weighted by Gasteiger charge is 2.07. The number of hydrogen-bond acceptors (Lipinski definition) is 3. The number of pyridine rings is 1. The van der Waals surface area contributed by atoms with Crippen LogP contribution in [0.4, 0.5) is 5.69 Å². The Bertz CT molecular complexity index is 550. The minimum atomic E-state index is -0.482. The lowest BCUT2D eigenvalue weighted by Crippen LogP contribution is -2.14. The van der Waals surface area contributed by atoms with Gasteiger partial charge in [-0.2, -0.15) is 0 Å². The lowest BCUT2D eigenvalue weighted by molar-refractivity contribution is -0.112. The van der Waals surface area contributed by atoms with Gasteiger partial charge in [0.2, 0.25) is 0 Å². The number of benzene rings is 1. The topological polar surface area (TPSA) is 68.0 Å². The monoisotopic (exact) mass is 239 g/mol. The second kappa shape index (κ2) is 5.63. The maximum absolute atomic E-state index is 11.4. The number of aromatic nitrogens is 1. The number of nitrogens with two attached hydrogens (primary N) is 1. The maximum Gasteiger partial charge on any atom is 0.250 e. The molecule has 1 heterocycles. The average Bonchev–Trinajstić information content (AvgIpc) is 2.41. The zero-order valence-corrected chi connectivity index (χ0v) is 9.71. The van der Waals surface area contributed by atoms with Gasteiger partial charge in [0.05, 0.1) is 5.57 Å². The summed E-state index contributed by atoms with van der Waals surface area (Å²) in [6.07, 6.45) is 4.84. The molecule has 3 N–H and O–H groups in total. The van der Waals surface area contributed by atoms with Crippen LogP contribution in [0.15, 0.2) is 61.1 Å². The first kappa shape index (κ1) is 11.9. The van der Waals surface area contributed by atoms with E-state index >= 15 is 0 Å². The van der Waals surface area contributed by atoms with Crippen LogP contribution in [0.2, 0.25) is 0 Å². The highest BCUT2D eigenvalue weighted by atomic mass is 16.1. The summed E-state index contributed by atoms with van der Waals surface area (Å²) in [5, 5.41) is 3.04. The van der Waals surface area contributed by atoms with Crippen molar-refractivity contribution < 1.29 is 4.79 Å². The zero-order valence-electron chi connectivity index (χ0n) is 9.71. The lowest BCUT2D eigenvalue weighted by atomic mass is 10.1. The van der Waals surface area contributed by atoms with E-state index in [1.165, 1.54) is 0 Å². The quantitative estimate of drug-likeness (QED) is 0.802. The Hall–Kier alpha value is -2.62. The molecule has 1 aromatic carbocycles. The number of carbonyl (C=O) groups is 1. The number of nitrogens with zero attached hydrogens (tertiary/aromatic N) is 1. The van der Waals surface area contributed by atoms with Crippen molar-refractivity contribution in [1.82, 2.24) is 4.98 Å². The van der Waals surface area contributed by atoms with E-state index in [-0.39, 0.29) is 0 Å². The molecule has 0 spiro atoms. The standard InChI is InChI=1S/C14H13N3O/c15-14(18)13(11-6-8-16-9-7-11)10-17-12-4-2-1-3-5-12/h1-10,17H,(H2,15,18)/b13-10-. The van der Waals surface area contributed by atoms with E-state index in [9.17, 15) is 4.79 Å². The van der Waals surface area contributed by atoms with Gasteiger partial charge in [-0.25, -0.2) is 0 Å². The van der Waals surface area contributed by atoms with Crippen LogP contribution in [0.1, 0.15) is 5.56 Å². The molecule has 0 aliphatic heterocycles. The van der Waals surface area contributed by atoms with Crippen LogP contribution in [-0.4, -0.2) is 10.9 Å². The predicted octanol–water partition coefficient (Wildman–Crippen LogP) is 2.02. The number of rotatable bonds is 4. The van der Waals surface area contributed by atoms with Gasteiger partial charge in [-0.1, -0.05) is 18.2 Å². The molecule has 0 atom stereocenters. The smallest absolute Gasteiger partial charge is 0.250 e. The molecule has 0 radical (unpaired) electrons. The molecular weight excluding hydrogens is 226 g/mol. The molecule has 0 aliphatic carbocycles. The molecule has 2 aromatic rings. The van der Waals surface area contributed by atoms with Crippen LogP contribution in [-0.2, 0) is 4.79 Å².